The maximum atomic E-state index is 13.4. The highest BCUT2D eigenvalue weighted by Crippen LogP contribution is 2.41. The number of aliphatic hydroxyl groups excluding tert-OH is 1. The van der Waals surface area contributed by atoms with Crippen LogP contribution in [0.2, 0.25) is 0 Å². The van der Waals surface area contributed by atoms with Gasteiger partial charge in [-0.25, -0.2) is 0 Å². The zero-order valence-electron chi connectivity index (χ0n) is 20.3. The molecular formula is C29H28N2O5. The van der Waals surface area contributed by atoms with Gasteiger partial charge in [0.1, 0.15) is 17.3 Å². The van der Waals surface area contributed by atoms with Gasteiger partial charge in [0.15, 0.2) is 0 Å². The first-order valence-corrected chi connectivity index (χ1v) is 12.1. The molecule has 2 aromatic carbocycles. The number of pyridine rings is 1. The van der Waals surface area contributed by atoms with Gasteiger partial charge >= 0.3 is 0 Å². The lowest BCUT2D eigenvalue weighted by atomic mass is 9.94. The van der Waals surface area contributed by atoms with Crippen LogP contribution in [0.1, 0.15) is 42.1 Å². The summed E-state index contributed by atoms with van der Waals surface area (Å²) in [6, 6.07) is 15.5. The average molecular weight is 485 g/mol. The minimum Gasteiger partial charge on any atom is -0.507 e. The Labute approximate surface area is 210 Å². The second-order valence-electron chi connectivity index (χ2n) is 9.49. The second kappa shape index (κ2) is 9.85. The Bertz CT molecular complexity index is 1330. The molecule has 1 N–H and O–H groups in total. The minimum absolute atomic E-state index is 0.0590. The first-order valence-electron chi connectivity index (χ1n) is 12.1. The fourth-order valence-electron chi connectivity index (χ4n) is 4.60. The highest BCUT2D eigenvalue weighted by atomic mass is 16.5. The molecule has 2 aliphatic heterocycles. The van der Waals surface area contributed by atoms with Gasteiger partial charge in [0.05, 0.1) is 24.8 Å². The van der Waals surface area contributed by atoms with E-state index >= 15 is 0 Å². The number of likely N-dealkylation sites (tertiary alicyclic amines) is 1. The van der Waals surface area contributed by atoms with Crippen molar-refractivity contribution in [3.8, 4) is 11.5 Å². The van der Waals surface area contributed by atoms with Crippen molar-refractivity contribution in [1.82, 2.24) is 9.88 Å². The van der Waals surface area contributed by atoms with E-state index in [2.05, 4.69) is 18.8 Å². The smallest absolute Gasteiger partial charge is 0.295 e. The van der Waals surface area contributed by atoms with Crippen LogP contribution >= 0.6 is 0 Å². The minimum atomic E-state index is -0.780. The van der Waals surface area contributed by atoms with Crippen LogP contribution in [0.3, 0.4) is 0 Å². The Morgan fingerprint density at radius 2 is 2.03 bits per heavy atom. The number of benzene rings is 2. The number of amides is 1. The Kier molecular flexibility index (Phi) is 6.46. The van der Waals surface area contributed by atoms with Crippen molar-refractivity contribution in [2.24, 2.45) is 5.92 Å². The van der Waals surface area contributed by atoms with E-state index in [1.807, 2.05) is 36.4 Å². The molecule has 1 saturated heterocycles. The zero-order chi connectivity index (χ0) is 25.2. The maximum Gasteiger partial charge on any atom is 0.295 e. The second-order valence-corrected chi connectivity index (χ2v) is 9.49. The maximum absolute atomic E-state index is 13.4. The predicted octanol–water partition coefficient (Wildman–Crippen LogP) is 4.67. The number of Topliss-reactive ketones (excluding diaryl/α,β-unsaturated/α-hetero) is 1. The molecule has 36 heavy (non-hydrogen) atoms. The normalized spacial score (nSPS) is 18.4. The SMILES string of the molecule is CC(C)COc1cccc(C2/C(=C(/O)c3ccc4c(c3)CCO4)C(=O)C(=O)N2Cc2cccnc2)c1. The molecule has 1 unspecified atom stereocenters. The summed E-state index contributed by atoms with van der Waals surface area (Å²) in [5.41, 5.74) is 2.97. The third-order valence-electron chi connectivity index (χ3n) is 6.34. The first kappa shape index (κ1) is 23.6. The van der Waals surface area contributed by atoms with E-state index < -0.39 is 17.7 Å². The fraction of sp³-hybridized carbons (Fsp3) is 0.276. The van der Waals surface area contributed by atoms with E-state index in [1.165, 1.54) is 4.90 Å². The van der Waals surface area contributed by atoms with Crippen LogP contribution < -0.4 is 9.47 Å². The van der Waals surface area contributed by atoms with Crippen molar-refractivity contribution in [3.63, 3.8) is 0 Å². The molecule has 0 bridgehead atoms. The lowest BCUT2D eigenvalue weighted by Crippen LogP contribution is -2.29. The molecule has 0 aliphatic carbocycles. The quantitative estimate of drug-likeness (QED) is 0.298. The van der Waals surface area contributed by atoms with E-state index in [9.17, 15) is 14.7 Å². The van der Waals surface area contributed by atoms with E-state index in [0.29, 0.717) is 36.0 Å². The van der Waals surface area contributed by atoms with Crippen molar-refractivity contribution in [2.45, 2.75) is 32.9 Å². The molecule has 184 valence electrons. The summed E-state index contributed by atoms with van der Waals surface area (Å²) in [5.74, 6) is 0.178. The molecule has 7 heteroatoms. The first-order chi connectivity index (χ1) is 17.4. The van der Waals surface area contributed by atoms with Gasteiger partial charge in [-0.3, -0.25) is 14.6 Å². The summed E-state index contributed by atoms with van der Waals surface area (Å²) < 4.78 is 11.5. The Morgan fingerprint density at radius 1 is 1.17 bits per heavy atom. The Hall–Kier alpha value is -4.13. The summed E-state index contributed by atoms with van der Waals surface area (Å²) in [6.07, 6.45) is 4.05. The van der Waals surface area contributed by atoms with Crippen LogP contribution in [0.4, 0.5) is 0 Å². The molecule has 1 amide bonds. The van der Waals surface area contributed by atoms with Gasteiger partial charge in [0.25, 0.3) is 11.7 Å². The third kappa shape index (κ3) is 4.56. The van der Waals surface area contributed by atoms with Gasteiger partial charge in [-0.2, -0.15) is 0 Å². The molecule has 0 saturated carbocycles. The molecule has 3 aromatic rings. The van der Waals surface area contributed by atoms with Crippen molar-refractivity contribution >= 4 is 17.4 Å². The average Bonchev–Trinajstić information content (AvgIpc) is 3.46. The summed E-state index contributed by atoms with van der Waals surface area (Å²) in [5, 5.41) is 11.4. The molecule has 2 aliphatic rings. The van der Waals surface area contributed by atoms with E-state index in [1.54, 1.807) is 30.6 Å². The van der Waals surface area contributed by atoms with Crippen LogP contribution in [0.15, 0.2) is 72.6 Å². The lowest BCUT2D eigenvalue weighted by molar-refractivity contribution is -0.140. The fourth-order valence-corrected chi connectivity index (χ4v) is 4.60. The number of hydrogen-bond donors (Lipinski definition) is 1. The van der Waals surface area contributed by atoms with Crippen molar-refractivity contribution in [1.29, 1.82) is 0 Å². The zero-order valence-corrected chi connectivity index (χ0v) is 20.3. The van der Waals surface area contributed by atoms with Crippen LogP contribution in [0, 0.1) is 5.92 Å². The number of hydrogen-bond acceptors (Lipinski definition) is 6. The predicted molar refractivity (Wildman–Crippen MR) is 134 cm³/mol. The molecule has 3 heterocycles. The number of ether oxygens (including phenoxy) is 2. The van der Waals surface area contributed by atoms with Crippen LogP contribution in [0.25, 0.3) is 5.76 Å². The van der Waals surface area contributed by atoms with Gasteiger partial charge in [0, 0.05) is 30.9 Å². The number of nitrogens with zero attached hydrogens (tertiary/aromatic N) is 2. The molecule has 0 spiro atoms. The van der Waals surface area contributed by atoms with E-state index in [-0.39, 0.29) is 17.9 Å². The molecule has 7 nitrogen and oxygen atoms in total. The summed E-state index contributed by atoms with van der Waals surface area (Å²) in [7, 11) is 0. The molecule has 1 aromatic heterocycles. The van der Waals surface area contributed by atoms with Gasteiger partial charge in [-0.1, -0.05) is 32.0 Å². The lowest BCUT2D eigenvalue weighted by Gasteiger charge is -2.26. The largest absolute Gasteiger partial charge is 0.507 e. The topological polar surface area (TPSA) is 89.0 Å². The standard InChI is InChI=1S/C29H28N2O5/c1-18(2)17-36-23-7-3-6-21(14-23)26-25(27(32)22-8-9-24-20(13-22)10-12-35-24)28(33)29(34)31(26)16-19-5-4-11-30-15-19/h3-9,11,13-15,18,26,32H,10,12,16-17H2,1-2H3/b27-25-. The number of aliphatic hydroxyl groups is 1. The number of carbonyl (C=O) groups excluding carboxylic acids is 2. The number of rotatable bonds is 7. The van der Waals surface area contributed by atoms with E-state index in [0.717, 1.165) is 23.3 Å². The van der Waals surface area contributed by atoms with Crippen LogP contribution in [-0.2, 0) is 22.6 Å². The van der Waals surface area contributed by atoms with Crippen molar-refractivity contribution in [3.05, 3.63) is 94.8 Å². The monoisotopic (exact) mass is 484 g/mol. The van der Waals surface area contributed by atoms with Gasteiger partial charge in [-0.05, 0) is 59.0 Å². The number of aromatic nitrogens is 1. The molecule has 1 fully saturated rings. The summed E-state index contributed by atoms with van der Waals surface area (Å²) in [6.45, 7) is 5.42. The Morgan fingerprint density at radius 3 is 2.81 bits per heavy atom. The van der Waals surface area contributed by atoms with Gasteiger partial charge < -0.3 is 19.5 Å². The molecule has 5 rings (SSSR count). The number of ketones is 1. The Balaban J connectivity index is 1.61. The van der Waals surface area contributed by atoms with Gasteiger partial charge in [-0.15, -0.1) is 0 Å². The van der Waals surface area contributed by atoms with E-state index in [4.69, 9.17) is 9.47 Å². The molecule has 1 atom stereocenters. The summed E-state index contributed by atoms with van der Waals surface area (Å²) in [4.78, 5) is 32.3. The highest BCUT2D eigenvalue weighted by molar-refractivity contribution is 6.46. The van der Waals surface area contributed by atoms with Gasteiger partial charge in [0.2, 0.25) is 0 Å². The summed E-state index contributed by atoms with van der Waals surface area (Å²) >= 11 is 0. The van der Waals surface area contributed by atoms with Crippen molar-refractivity contribution in [2.75, 3.05) is 13.2 Å². The highest BCUT2D eigenvalue weighted by Gasteiger charge is 2.46. The number of carbonyl (C=O) groups is 2. The van der Waals surface area contributed by atoms with Crippen LogP contribution in [0.5, 0.6) is 11.5 Å². The molecule has 0 radical (unpaired) electrons. The molecular weight excluding hydrogens is 456 g/mol. The number of fused-ring (bicyclic) bond motifs is 1. The van der Waals surface area contributed by atoms with Crippen molar-refractivity contribution < 1.29 is 24.2 Å². The van der Waals surface area contributed by atoms with Crippen LogP contribution in [-0.4, -0.2) is 39.9 Å². The third-order valence-corrected chi connectivity index (χ3v) is 6.34.